The normalized spacial score (nSPS) is 11.0. The van der Waals surface area contributed by atoms with Gasteiger partial charge in [-0.15, -0.1) is 0 Å². The number of ether oxygens (including phenoxy) is 2. The first-order chi connectivity index (χ1) is 10.2. The van der Waals surface area contributed by atoms with Gasteiger partial charge < -0.3 is 9.47 Å². The largest absolute Gasteiger partial charge is 0.497 e. The summed E-state index contributed by atoms with van der Waals surface area (Å²) >= 11 is 0. The van der Waals surface area contributed by atoms with Crippen LogP contribution in [0.25, 0.3) is 11.6 Å². The van der Waals surface area contributed by atoms with E-state index >= 15 is 0 Å². The summed E-state index contributed by atoms with van der Waals surface area (Å²) in [5.41, 5.74) is 1.90. The molecule has 0 fully saturated rings. The van der Waals surface area contributed by atoms with Crippen LogP contribution in [0, 0.1) is 0 Å². The summed E-state index contributed by atoms with van der Waals surface area (Å²) in [6.07, 6.45) is 3.41. The Labute approximate surface area is 124 Å². The molecule has 0 atom stereocenters. The van der Waals surface area contributed by atoms with Crippen molar-refractivity contribution in [3.05, 3.63) is 59.9 Å². The van der Waals surface area contributed by atoms with Crippen molar-refractivity contribution in [1.82, 2.24) is 4.98 Å². The lowest BCUT2D eigenvalue weighted by atomic mass is 10.1. The molecule has 21 heavy (non-hydrogen) atoms. The predicted octanol–water partition coefficient (Wildman–Crippen LogP) is 3.19. The number of pyridine rings is 1. The summed E-state index contributed by atoms with van der Waals surface area (Å²) in [5, 5.41) is 0. The maximum atomic E-state index is 12.1. The van der Waals surface area contributed by atoms with E-state index in [4.69, 9.17) is 9.47 Å². The van der Waals surface area contributed by atoms with E-state index in [1.165, 1.54) is 0 Å². The van der Waals surface area contributed by atoms with Gasteiger partial charge in [-0.3, -0.25) is 4.98 Å². The number of hydrogen-bond donors (Lipinski definition) is 0. The molecule has 1 aromatic heterocycles. The maximum Gasteiger partial charge on any atom is 0.340 e. The Balaban J connectivity index is 2.38. The van der Waals surface area contributed by atoms with Crippen LogP contribution in [0.2, 0.25) is 0 Å². The summed E-state index contributed by atoms with van der Waals surface area (Å²) in [4.78, 5) is 16.3. The summed E-state index contributed by atoms with van der Waals surface area (Å²) in [7, 11) is 1.61. The van der Waals surface area contributed by atoms with E-state index in [2.05, 4.69) is 4.98 Å². The Morgan fingerprint density at radius 2 is 1.95 bits per heavy atom. The first-order valence-electron chi connectivity index (χ1n) is 6.69. The number of methoxy groups -OCH3 is 1. The minimum absolute atomic E-state index is 0.325. The van der Waals surface area contributed by atoms with E-state index in [-0.39, 0.29) is 5.97 Å². The zero-order chi connectivity index (χ0) is 15.1. The van der Waals surface area contributed by atoms with Crippen LogP contribution >= 0.6 is 0 Å². The lowest BCUT2D eigenvalue weighted by Gasteiger charge is -2.07. The lowest BCUT2D eigenvalue weighted by Crippen LogP contribution is -2.07. The molecule has 108 valence electrons. The van der Waals surface area contributed by atoms with E-state index in [1.807, 2.05) is 30.3 Å². The summed E-state index contributed by atoms with van der Waals surface area (Å²) < 4.78 is 10.2. The Bertz CT molecular complexity index is 618. The zero-order valence-electron chi connectivity index (χ0n) is 12.1. The summed E-state index contributed by atoms with van der Waals surface area (Å²) in [6.45, 7) is 2.10. The fourth-order valence-corrected chi connectivity index (χ4v) is 1.84. The predicted molar refractivity (Wildman–Crippen MR) is 81.7 cm³/mol. The first kappa shape index (κ1) is 14.8. The molecule has 0 aliphatic carbocycles. The topological polar surface area (TPSA) is 48.4 Å². The first-order valence-corrected chi connectivity index (χ1v) is 6.69. The van der Waals surface area contributed by atoms with E-state index in [0.717, 1.165) is 11.3 Å². The standard InChI is InChI=1S/C17H17NO3/c1-3-21-17(19)15(16-6-4-5-11-18-16)12-13-7-9-14(20-2)10-8-13/h4-12H,3H2,1-2H3/b15-12+. The quantitative estimate of drug-likeness (QED) is 0.624. The van der Waals surface area contributed by atoms with Gasteiger partial charge >= 0.3 is 5.97 Å². The molecule has 0 saturated carbocycles. The van der Waals surface area contributed by atoms with Crippen LogP contribution in [-0.2, 0) is 9.53 Å². The summed E-state index contributed by atoms with van der Waals surface area (Å²) in [6, 6.07) is 12.9. The van der Waals surface area contributed by atoms with Crippen molar-refractivity contribution in [2.24, 2.45) is 0 Å². The average Bonchev–Trinajstić information content (AvgIpc) is 2.54. The minimum atomic E-state index is -0.382. The smallest absolute Gasteiger partial charge is 0.340 e. The molecule has 2 rings (SSSR count). The minimum Gasteiger partial charge on any atom is -0.497 e. The Kier molecular flexibility index (Phi) is 5.10. The molecule has 0 aliphatic heterocycles. The highest BCUT2D eigenvalue weighted by atomic mass is 16.5. The molecular formula is C17H17NO3. The van der Waals surface area contributed by atoms with E-state index in [9.17, 15) is 4.79 Å². The third-order valence-electron chi connectivity index (χ3n) is 2.86. The van der Waals surface area contributed by atoms with Crippen LogP contribution < -0.4 is 4.74 Å². The molecule has 0 N–H and O–H groups in total. The van der Waals surface area contributed by atoms with Gasteiger partial charge in [0, 0.05) is 6.20 Å². The lowest BCUT2D eigenvalue weighted by molar-refractivity contribution is -0.136. The fourth-order valence-electron chi connectivity index (χ4n) is 1.84. The number of esters is 1. The molecule has 4 nitrogen and oxygen atoms in total. The zero-order valence-corrected chi connectivity index (χ0v) is 12.1. The second-order valence-corrected chi connectivity index (χ2v) is 4.27. The molecule has 0 saturated heterocycles. The number of carbonyl (C=O) groups is 1. The third-order valence-corrected chi connectivity index (χ3v) is 2.86. The fraction of sp³-hybridized carbons (Fsp3) is 0.176. The van der Waals surface area contributed by atoms with Gasteiger partial charge in [-0.2, -0.15) is 0 Å². The van der Waals surface area contributed by atoms with E-state index < -0.39 is 0 Å². The molecule has 1 aromatic carbocycles. The van der Waals surface area contributed by atoms with Crippen molar-refractivity contribution in [2.45, 2.75) is 6.92 Å². The number of aromatic nitrogens is 1. The van der Waals surface area contributed by atoms with Crippen molar-refractivity contribution >= 4 is 17.6 Å². The SMILES string of the molecule is CCOC(=O)/C(=C/c1ccc(OC)cc1)c1ccccn1. The van der Waals surface area contributed by atoms with Crippen LogP contribution in [0.3, 0.4) is 0 Å². The van der Waals surface area contributed by atoms with E-state index in [0.29, 0.717) is 17.9 Å². The van der Waals surface area contributed by atoms with Crippen molar-refractivity contribution in [3.8, 4) is 5.75 Å². The molecule has 2 aromatic rings. The van der Waals surface area contributed by atoms with Gasteiger partial charge in [0.25, 0.3) is 0 Å². The summed E-state index contributed by atoms with van der Waals surface area (Å²) in [5.74, 6) is 0.384. The Morgan fingerprint density at radius 3 is 2.52 bits per heavy atom. The third kappa shape index (κ3) is 3.92. The van der Waals surface area contributed by atoms with Gasteiger partial charge in [0.2, 0.25) is 0 Å². The number of rotatable bonds is 5. The number of nitrogens with zero attached hydrogens (tertiary/aromatic N) is 1. The van der Waals surface area contributed by atoms with Gasteiger partial charge in [0.1, 0.15) is 5.75 Å². The molecule has 4 heteroatoms. The van der Waals surface area contributed by atoms with Crippen LogP contribution in [-0.4, -0.2) is 24.7 Å². The second kappa shape index (κ2) is 7.24. The Morgan fingerprint density at radius 1 is 1.19 bits per heavy atom. The number of carbonyl (C=O) groups excluding carboxylic acids is 1. The highest BCUT2D eigenvalue weighted by molar-refractivity contribution is 6.20. The Hall–Kier alpha value is -2.62. The van der Waals surface area contributed by atoms with Crippen molar-refractivity contribution in [1.29, 1.82) is 0 Å². The van der Waals surface area contributed by atoms with Crippen LogP contribution in [0.1, 0.15) is 18.2 Å². The van der Waals surface area contributed by atoms with Crippen molar-refractivity contribution < 1.29 is 14.3 Å². The van der Waals surface area contributed by atoms with E-state index in [1.54, 1.807) is 38.4 Å². The van der Waals surface area contributed by atoms with Crippen molar-refractivity contribution in [3.63, 3.8) is 0 Å². The molecule has 0 radical (unpaired) electrons. The van der Waals surface area contributed by atoms with Gasteiger partial charge in [-0.25, -0.2) is 4.79 Å². The monoisotopic (exact) mass is 283 g/mol. The van der Waals surface area contributed by atoms with Gasteiger partial charge in [-0.05, 0) is 42.8 Å². The van der Waals surface area contributed by atoms with Crippen LogP contribution in [0.4, 0.5) is 0 Å². The number of hydrogen-bond acceptors (Lipinski definition) is 4. The molecular weight excluding hydrogens is 266 g/mol. The van der Waals surface area contributed by atoms with Crippen LogP contribution in [0.5, 0.6) is 5.75 Å². The van der Waals surface area contributed by atoms with Gasteiger partial charge in [0.05, 0.1) is 25.0 Å². The van der Waals surface area contributed by atoms with Crippen LogP contribution in [0.15, 0.2) is 48.7 Å². The van der Waals surface area contributed by atoms with Gasteiger partial charge in [0.15, 0.2) is 0 Å². The average molecular weight is 283 g/mol. The molecule has 0 bridgehead atoms. The number of benzene rings is 1. The molecule has 0 amide bonds. The highest BCUT2D eigenvalue weighted by Gasteiger charge is 2.14. The second-order valence-electron chi connectivity index (χ2n) is 4.27. The molecule has 0 unspecified atom stereocenters. The molecule has 0 aliphatic rings. The highest BCUT2D eigenvalue weighted by Crippen LogP contribution is 2.20. The maximum absolute atomic E-state index is 12.1. The van der Waals surface area contributed by atoms with Crippen molar-refractivity contribution in [2.75, 3.05) is 13.7 Å². The molecule has 1 heterocycles. The molecule has 0 spiro atoms. The van der Waals surface area contributed by atoms with Gasteiger partial charge in [-0.1, -0.05) is 18.2 Å².